The van der Waals surface area contributed by atoms with Crippen molar-refractivity contribution in [3.8, 4) is 17.2 Å². The summed E-state index contributed by atoms with van der Waals surface area (Å²) in [5.41, 5.74) is 2.32. The van der Waals surface area contributed by atoms with E-state index in [0.717, 1.165) is 5.69 Å². The molecule has 0 aliphatic rings. The lowest BCUT2D eigenvalue weighted by atomic mass is 9.93. The number of carbonyl (C=O) groups excluding carboxylic acids is 1. The normalized spacial score (nSPS) is 12.5. The molecule has 0 bridgehead atoms. The number of hydrogen-bond donors (Lipinski definition) is 2. The quantitative estimate of drug-likeness (QED) is 0.435. The van der Waals surface area contributed by atoms with Crippen LogP contribution < -0.4 is 5.32 Å². The summed E-state index contributed by atoms with van der Waals surface area (Å²) < 4.78 is 18.0. The lowest BCUT2D eigenvalue weighted by Gasteiger charge is -2.15. The number of pyridine rings is 1. The fourth-order valence-corrected chi connectivity index (χ4v) is 3.50. The number of aliphatic hydroxyl groups excluding tert-OH is 1. The molecule has 0 radical (unpaired) electrons. The van der Waals surface area contributed by atoms with Gasteiger partial charge in [-0.3, -0.25) is 4.79 Å². The highest BCUT2D eigenvalue weighted by molar-refractivity contribution is 6.04. The van der Waals surface area contributed by atoms with Crippen LogP contribution in [-0.4, -0.2) is 52.4 Å². The predicted octanol–water partition coefficient (Wildman–Crippen LogP) is 3.47. The number of halogens is 1. The average Bonchev–Trinajstić information content (AvgIpc) is 3.49. The van der Waals surface area contributed by atoms with Crippen LogP contribution >= 0.6 is 0 Å². The third-order valence-corrected chi connectivity index (χ3v) is 5.55. The minimum atomic E-state index is -0.645. The van der Waals surface area contributed by atoms with Crippen molar-refractivity contribution in [3.05, 3.63) is 65.5 Å². The zero-order valence-electron chi connectivity index (χ0n) is 20.2. The summed E-state index contributed by atoms with van der Waals surface area (Å²) in [6, 6.07) is 7.41. The molecule has 4 aromatic rings. The highest BCUT2D eigenvalue weighted by Crippen LogP contribution is 2.25. The van der Waals surface area contributed by atoms with Crippen LogP contribution in [0.25, 0.3) is 17.2 Å². The number of anilines is 1. The molecule has 182 valence electrons. The second-order valence-corrected chi connectivity index (χ2v) is 9.38. The van der Waals surface area contributed by atoms with Crippen molar-refractivity contribution in [2.24, 2.45) is 0 Å². The van der Waals surface area contributed by atoms with Gasteiger partial charge in [0.1, 0.15) is 17.3 Å². The Morgan fingerprint density at radius 2 is 2.03 bits per heavy atom. The van der Waals surface area contributed by atoms with Gasteiger partial charge in [0.15, 0.2) is 0 Å². The number of aryl methyl sites for hydroxylation is 1. The van der Waals surface area contributed by atoms with E-state index in [-0.39, 0.29) is 29.4 Å². The number of nitrogens with one attached hydrogen (secondary N) is 1. The maximum atomic E-state index is 14.8. The van der Waals surface area contributed by atoms with Crippen molar-refractivity contribution in [1.29, 1.82) is 0 Å². The van der Waals surface area contributed by atoms with Crippen LogP contribution in [0, 0.1) is 12.7 Å². The number of hydrogen-bond acceptors (Lipinski definition) is 7. The Bertz CT molecular complexity index is 1370. The number of aliphatic hydroxyl groups is 1. The number of aromatic nitrogens is 7. The molecule has 0 unspecified atom stereocenters. The SMILES string of the molecule is Cc1cc(F)c(C(=O)Nc2cccc(-c3nnnn3[C@H](C)CO)n2)cc1-n1cnc(C(C)(C)C)c1. The largest absolute Gasteiger partial charge is 0.394 e. The first kappa shape index (κ1) is 24.1. The van der Waals surface area contributed by atoms with Crippen molar-refractivity contribution in [1.82, 2.24) is 34.7 Å². The molecular formula is C24H27FN8O2. The number of amides is 1. The van der Waals surface area contributed by atoms with Crippen LogP contribution in [0.3, 0.4) is 0 Å². The van der Waals surface area contributed by atoms with Gasteiger partial charge in [-0.1, -0.05) is 26.8 Å². The van der Waals surface area contributed by atoms with Crippen LogP contribution in [0.1, 0.15) is 55.4 Å². The van der Waals surface area contributed by atoms with Crippen LogP contribution in [0.5, 0.6) is 0 Å². The van der Waals surface area contributed by atoms with Gasteiger partial charge >= 0.3 is 0 Å². The minimum Gasteiger partial charge on any atom is -0.394 e. The number of benzene rings is 1. The molecule has 0 spiro atoms. The molecule has 3 aromatic heterocycles. The molecule has 10 nitrogen and oxygen atoms in total. The Balaban J connectivity index is 1.63. The number of carbonyl (C=O) groups is 1. The molecule has 1 atom stereocenters. The number of imidazole rings is 1. The van der Waals surface area contributed by atoms with E-state index >= 15 is 0 Å². The molecule has 4 rings (SSSR count). The molecule has 0 aliphatic heterocycles. The van der Waals surface area contributed by atoms with E-state index in [4.69, 9.17) is 0 Å². The van der Waals surface area contributed by atoms with Crippen LogP contribution in [0.4, 0.5) is 10.2 Å². The average molecular weight is 479 g/mol. The molecule has 0 saturated carbocycles. The van der Waals surface area contributed by atoms with Gasteiger partial charge in [-0.25, -0.2) is 19.0 Å². The summed E-state index contributed by atoms with van der Waals surface area (Å²) >= 11 is 0. The first-order valence-corrected chi connectivity index (χ1v) is 11.1. The highest BCUT2D eigenvalue weighted by atomic mass is 19.1. The molecule has 0 aliphatic carbocycles. The van der Waals surface area contributed by atoms with Gasteiger partial charge in [0.25, 0.3) is 5.91 Å². The fraction of sp³-hybridized carbons (Fsp3) is 0.333. The monoisotopic (exact) mass is 478 g/mol. The molecule has 2 N–H and O–H groups in total. The lowest BCUT2D eigenvalue weighted by molar-refractivity contribution is 0.102. The van der Waals surface area contributed by atoms with E-state index in [1.807, 2.05) is 6.20 Å². The summed E-state index contributed by atoms with van der Waals surface area (Å²) in [6.07, 6.45) is 3.54. The Kier molecular flexibility index (Phi) is 6.44. The smallest absolute Gasteiger partial charge is 0.259 e. The summed E-state index contributed by atoms with van der Waals surface area (Å²) in [5, 5.41) is 23.6. The Morgan fingerprint density at radius 3 is 2.71 bits per heavy atom. The zero-order chi connectivity index (χ0) is 25.3. The number of tetrazole rings is 1. The molecule has 0 fully saturated rings. The first-order valence-electron chi connectivity index (χ1n) is 11.1. The highest BCUT2D eigenvalue weighted by Gasteiger charge is 2.21. The molecule has 3 heterocycles. The van der Waals surface area contributed by atoms with Gasteiger partial charge in [0.2, 0.25) is 5.82 Å². The summed E-state index contributed by atoms with van der Waals surface area (Å²) in [5.74, 6) is -0.747. The third-order valence-electron chi connectivity index (χ3n) is 5.55. The number of nitrogens with zero attached hydrogens (tertiary/aromatic N) is 7. The van der Waals surface area contributed by atoms with Crippen molar-refractivity contribution in [2.45, 2.75) is 46.1 Å². The molecule has 0 saturated heterocycles. The van der Waals surface area contributed by atoms with Crippen molar-refractivity contribution < 1.29 is 14.3 Å². The van der Waals surface area contributed by atoms with Crippen molar-refractivity contribution >= 4 is 11.7 Å². The third kappa shape index (κ3) is 4.94. The van der Waals surface area contributed by atoms with Gasteiger partial charge in [-0.2, -0.15) is 0 Å². The Labute approximate surface area is 201 Å². The molecule has 11 heteroatoms. The Hall–Kier alpha value is -3.99. The lowest BCUT2D eigenvalue weighted by Crippen LogP contribution is -2.16. The predicted molar refractivity (Wildman–Crippen MR) is 128 cm³/mol. The molecule has 35 heavy (non-hydrogen) atoms. The van der Waals surface area contributed by atoms with E-state index in [1.54, 1.807) is 42.9 Å². The van der Waals surface area contributed by atoms with Crippen LogP contribution in [0.15, 0.2) is 42.9 Å². The van der Waals surface area contributed by atoms with Gasteiger partial charge in [0.05, 0.1) is 35.9 Å². The maximum absolute atomic E-state index is 14.8. The summed E-state index contributed by atoms with van der Waals surface area (Å²) in [4.78, 5) is 21.9. The van der Waals surface area contributed by atoms with Gasteiger partial charge in [0, 0.05) is 11.6 Å². The topological polar surface area (TPSA) is 124 Å². The second-order valence-electron chi connectivity index (χ2n) is 9.38. The van der Waals surface area contributed by atoms with Crippen molar-refractivity contribution in [2.75, 3.05) is 11.9 Å². The number of rotatable bonds is 6. The zero-order valence-corrected chi connectivity index (χ0v) is 20.2. The summed E-state index contributed by atoms with van der Waals surface area (Å²) in [7, 11) is 0. The molecular weight excluding hydrogens is 451 g/mol. The maximum Gasteiger partial charge on any atom is 0.259 e. The molecule has 1 amide bonds. The van der Waals surface area contributed by atoms with Gasteiger partial charge in [-0.05, 0) is 54.1 Å². The standard InChI is InChI=1S/C24H27FN8O2/c1-14-9-17(25)16(10-19(14)32-11-20(26-13-32)24(3,4)5)23(35)28-21-8-6-7-18(27-21)22-29-30-31-33(22)15(2)12-34/h6-11,13,15,34H,12H2,1-5H3,(H,27,28,35)/t15-/m1/s1. The van der Waals surface area contributed by atoms with Gasteiger partial charge in [-0.15, -0.1) is 5.10 Å². The fourth-order valence-electron chi connectivity index (χ4n) is 3.50. The van der Waals surface area contributed by atoms with E-state index in [9.17, 15) is 14.3 Å². The second kappa shape index (κ2) is 9.34. The Morgan fingerprint density at radius 1 is 1.26 bits per heavy atom. The van der Waals surface area contributed by atoms with E-state index < -0.39 is 11.7 Å². The molecule has 1 aromatic carbocycles. The van der Waals surface area contributed by atoms with Crippen LogP contribution in [-0.2, 0) is 5.41 Å². The van der Waals surface area contributed by atoms with E-state index in [1.165, 1.54) is 16.8 Å². The van der Waals surface area contributed by atoms with E-state index in [0.29, 0.717) is 22.8 Å². The van der Waals surface area contributed by atoms with Crippen molar-refractivity contribution in [3.63, 3.8) is 0 Å². The van der Waals surface area contributed by atoms with Gasteiger partial charge < -0.3 is 15.0 Å². The minimum absolute atomic E-state index is 0.123. The van der Waals surface area contributed by atoms with Crippen LogP contribution in [0.2, 0.25) is 0 Å². The van der Waals surface area contributed by atoms with E-state index in [2.05, 4.69) is 51.6 Å². The summed E-state index contributed by atoms with van der Waals surface area (Å²) in [6.45, 7) is 9.55. The first-order chi connectivity index (χ1) is 16.6.